The maximum absolute atomic E-state index is 11.8. The summed E-state index contributed by atoms with van der Waals surface area (Å²) in [6.07, 6.45) is 0. The largest absolute Gasteiger partial charge is 0.423 e. The van der Waals surface area contributed by atoms with Gasteiger partial charge in [0, 0.05) is 0 Å². The van der Waals surface area contributed by atoms with E-state index in [0.717, 1.165) is 17.7 Å². The van der Waals surface area contributed by atoms with E-state index in [0.29, 0.717) is 5.56 Å². The number of hydrogen-bond acceptors (Lipinski definition) is 4. The molecule has 104 valence electrons. The summed E-state index contributed by atoms with van der Waals surface area (Å²) in [5, 5.41) is 0. The van der Waals surface area contributed by atoms with Crippen LogP contribution in [0.15, 0.2) is 53.4 Å². The summed E-state index contributed by atoms with van der Waals surface area (Å²) in [7, 11) is -4.25. The molecule has 0 aromatic heterocycles. The molecule has 0 radical (unpaired) electrons. The Labute approximate surface area is 116 Å². The van der Waals surface area contributed by atoms with Crippen molar-refractivity contribution in [3.63, 3.8) is 0 Å². The van der Waals surface area contributed by atoms with Crippen molar-refractivity contribution in [2.45, 2.75) is 11.8 Å². The quantitative estimate of drug-likeness (QED) is 0.534. The van der Waals surface area contributed by atoms with Gasteiger partial charge in [0.1, 0.15) is 5.75 Å². The molecule has 6 heteroatoms. The van der Waals surface area contributed by atoms with Gasteiger partial charge in [0.15, 0.2) is 0 Å². The van der Waals surface area contributed by atoms with Crippen LogP contribution in [0.2, 0.25) is 0 Å². The van der Waals surface area contributed by atoms with Crippen molar-refractivity contribution in [2.75, 3.05) is 0 Å². The smallest absolute Gasteiger partial charge is 0.343 e. The molecule has 20 heavy (non-hydrogen) atoms. The molecule has 2 rings (SSSR count). The zero-order valence-corrected chi connectivity index (χ0v) is 11.4. The number of rotatable bonds is 3. The second-order valence-electron chi connectivity index (χ2n) is 4.20. The summed E-state index contributed by atoms with van der Waals surface area (Å²) in [5.74, 6) is -0.340. The lowest BCUT2D eigenvalue weighted by Gasteiger charge is -2.05. The minimum absolute atomic E-state index is 0.197. The summed E-state index contributed by atoms with van der Waals surface area (Å²) in [6.45, 7) is 1.91. The van der Waals surface area contributed by atoms with Crippen molar-refractivity contribution >= 4 is 16.1 Å². The molecule has 0 heterocycles. The van der Waals surface area contributed by atoms with Crippen molar-refractivity contribution < 1.29 is 22.5 Å². The predicted molar refractivity (Wildman–Crippen MR) is 72.4 cm³/mol. The van der Waals surface area contributed by atoms with Crippen LogP contribution in [-0.4, -0.2) is 18.9 Å². The van der Waals surface area contributed by atoms with Gasteiger partial charge in [0.05, 0.1) is 10.5 Å². The molecule has 0 aliphatic carbocycles. The van der Waals surface area contributed by atoms with Crippen molar-refractivity contribution in [1.82, 2.24) is 0 Å². The molecule has 0 saturated carbocycles. The minimum atomic E-state index is -4.25. The lowest BCUT2D eigenvalue weighted by atomic mass is 10.1. The van der Waals surface area contributed by atoms with Gasteiger partial charge in [0.25, 0.3) is 10.1 Å². The predicted octanol–water partition coefficient (Wildman–Crippen LogP) is 2.46. The van der Waals surface area contributed by atoms with E-state index in [1.165, 1.54) is 12.1 Å². The van der Waals surface area contributed by atoms with Gasteiger partial charge in [0.2, 0.25) is 0 Å². The number of carbonyl (C=O) groups excluding carboxylic acids is 1. The van der Waals surface area contributed by atoms with E-state index in [1.807, 2.05) is 6.92 Å². The third-order valence-electron chi connectivity index (χ3n) is 2.62. The van der Waals surface area contributed by atoms with Crippen LogP contribution in [0.4, 0.5) is 0 Å². The Bertz CT molecular complexity index is 715. The molecule has 0 aliphatic rings. The van der Waals surface area contributed by atoms with Crippen LogP contribution in [0.5, 0.6) is 5.75 Å². The van der Waals surface area contributed by atoms with Crippen molar-refractivity contribution in [2.24, 2.45) is 0 Å². The zero-order chi connectivity index (χ0) is 14.8. The number of aryl methyl sites for hydroxylation is 1. The minimum Gasteiger partial charge on any atom is -0.423 e. The molecule has 0 amide bonds. The molecule has 0 spiro atoms. The molecule has 2 aromatic carbocycles. The maximum Gasteiger partial charge on any atom is 0.343 e. The lowest BCUT2D eigenvalue weighted by Crippen LogP contribution is -2.08. The average molecular weight is 292 g/mol. The Morgan fingerprint density at radius 3 is 2.05 bits per heavy atom. The zero-order valence-electron chi connectivity index (χ0n) is 10.6. The van der Waals surface area contributed by atoms with Crippen LogP contribution in [0.25, 0.3) is 0 Å². The van der Waals surface area contributed by atoms with Crippen LogP contribution < -0.4 is 4.74 Å². The molecular weight excluding hydrogens is 280 g/mol. The highest BCUT2D eigenvalue weighted by molar-refractivity contribution is 7.85. The fourth-order valence-electron chi connectivity index (χ4n) is 1.54. The van der Waals surface area contributed by atoms with Crippen LogP contribution >= 0.6 is 0 Å². The number of carbonyl (C=O) groups is 1. The number of esters is 1. The number of ether oxygens (including phenoxy) is 1. The first-order valence-electron chi connectivity index (χ1n) is 5.73. The lowest BCUT2D eigenvalue weighted by molar-refractivity contribution is 0.0734. The first-order chi connectivity index (χ1) is 9.36. The van der Waals surface area contributed by atoms with Gasteiger partial charge in [-0.25, -0.2) is 4.79 Å². The van der Waals surface area contributed by atoms with Gasteiger partial charge < -0.3 is 4.74 Å². The fourth-order valence-corrected chi connectivity index (χ4v) is 2.02. The molecule has 0 saturated heterocycles. The van der Waals surface area contributed by atoms with Crippen molar-refractivity contribution in [3.05, 3.63) is 59.7 Å². The highest BCUT2D eigenvalue weighted by Crippen LogP contribution is 2.17. The molecule has 2 aromatic rings. The topological polar surface area (TPSA) is 80.7 Å². The normalized spacial score (nSPS) is 11.1. The Kier molecular flexibility index (Phi) is 3.87. The molecular formula is C14H12O5S. The summed E-state index contributed by atoms with van der Waals surface area (Å²) >= 11 is 0. The highest BCUT2D eigenvalue weighted by atomic mass is 32.2. The van der Waals surface area contributed by atoms with E-state index in [4.69, 9.17) is 9.29 Å². The molecule has 0 unspecified atom stereocenters. The number of benzene rings is 2. The van der Waals surface area contributed by atoms with Crippen LogP contribution in [0, 0.1) is 6.92 Å². The van der Waals surface area contributed by atoms with Gasteiger partial charge >= 0.3 is 5.97 Å². The Morgan fingerprint density at radius 1 is 1.00 bits per heavy atom. The summed E-state index contributed by atoms with van der Waals surface area (Å²) in [5.41, 5.74) is 1.42. The average Bonchev–Trinajstić information content (AvgIpc) is 2.39. The fraction of sp³-hybridized carbons (Fsp3) is 0.0714. The maximum atomic E-state index is 11.8. The second-order valence-corrected chi connectivity index (χ2v) is 5.62. The third kappa shape index (κ3) is 3.43. The van der Waals surface area contributed by atoms with Gasteiger partial charge in [-0.3, -0.25) is 4.55 Å². The highest BCUT2D eigenvalue weighted by Gasteiger charge is 2.11. The SMILES string of the molecule is Cc1ccc(C(=O)Oc2ccc(S(=O)(=O)O)cc2)cc1. The number of hydrogen-bond donors (Lipinski definition) is 1. The van der Waals surface area contributed by atoms with E-state index >= 15 is 0 Å². The van der Waals surface area contributed by atoms with E-state index in [2.05, 4.69) is 0 Å². The van der Waals surface area contributed by atoms with Crippen LogP contribution in [0.3, 0.4) is 0 Å². The third-order valence-corrected chi connectivity index (χ3v) is 3.49. The van der Waals surface area contributed by atoms with E-state index in [9.17, 15) is 13.2 Å². The summed E-state index contributed by atoms with van der Waals surface area (Å²) in [6, 6.07) is 11.8. The van der Waals surface area contributed by atoms with Crippen LogP contribution in [0.1, 0.15) is 15.9 Å². The van der Waals surface area contributed by atoms with E-state index in [-0.39, 0.29) is 10.6 Å². The first kappa shape index (κ1) is 14.2. The van der Waals surface area contributed by atoms with Gasteiger partial charge in [-0.2, -0.15) is 8.42 Å². The molecule has 1 N–H and O–H groups in total. The van der Waals surface area contributed by atoms with Gasteiger partial charge in [-0.15, -0.1) is 0 Å². The monoisotopic (exact) mass is 292 g/mol. The Morgan fingerprint density at radius 2 is 1.55 bits per heavy atom. The first-order valence-corrected chi connectivity index (χ1v) is 7.17. The summed E-state index contributed by atoms with van der Waals surface area (Å²) < 4.78 is 35.7. The second kappa shape index (κ2) is 5.44. The van der Waals surface area contributed by atoms with E-state index < -0.39 is 16.1 Å². The molecule has 5 nitrogen and oxygen atoms in total. The van der Waals surface area contributed by atoms with Crippen LogP contribution in [-0.2, 0) is 10.1 Å². The van der Waals surface area contributed by atoms with Gasteiger partial charge in [-0.05, 0) is 43.3 Å². The Balaban J connectivity index is 2.14. The Hall–Kier alpha value is -2.18. The standard InChI is InChI=1S/C14H12O5S/c1-10-2-4-11(5-3-10)14(15)19-12-6-8-13(9-7-12)20(16,17)18/h2-9H,1H3,(H,16,17,18). The van der Waals surface area contributed by atoms with E-state index in [1.54, 1.807) is 24.3 Å². The van der Waals surface area contributed by atoms with Crippen molar-refractivity contribution in [3.8, 4) is 5.75 Å². The molecule has 0 bridgehead atoms. The van der Waals surface area contributed by atoms with Gasteiger partial charge in [-0.1, -0.05) is 17.7 Å². The summed E-state index contributed by atoms with van der Waals surface area (Å²) in [4.78, 5) is 11.6. The molecule has 0 fully saturated rings. The molecule has 0 aliphatic heterocycles. The molecule has 0 atom stereocenters. The van der Waals surface area contributed by atoms with Crippen molar-refractivity contribution in [1.29, 1.82) is 0 Å².